The summed E-state index contributed by atoms with van der Waals surface area (Å²) in [5, 5.41) is 0. The van der Waals surface area contributed by atoms with Crippen molar-refractivity contribution >= 4 is 22.6 Å². The van der Waals surface area contributed by atoms with E-state index in [-0.39, 0.29) is 11.9 Å². The van der Waals surface area contributed by atoms with Crippen molar-refractivity contribution in [2.75, 3.05) is 38.2 Å². The molecule has 2 aromatic heterocycles. The number of rotatable bonds is 5. The van der Waals surface area contributed by atoms with Crippen LogP contribution in [0.25, 0.3) is 22.4 Å². The third kappa shape index (κ3) is 3.89. The van der Waals surface area contributed by atoms with E-state index in [0.717, 1.165) is 46.9 Å². The Kier molecular flexibility index (Phi) is 5.73. The Morgan fingerprint density at radius 3 is 2.56 bits per heavy atom. The van der Waals surface area contributed by atoms with Gasteiger partial charge in [0.25, 0.3) is 0 Å². The van der Waals surface area contributed by atoms with Crippen LogP contribution in [0.3, 0.4) is 0 Å². The van der Waals surface area contributed by atoms with Crippen molar-refractivity contribution in [2.45, 2.75) is 26.8 Å². The summed E-state index contributed by atoms with van der Waals surface area (Å²) in [6.45, 7) is 8.59. The molecule has 1 aliphatic heterocycles. The number of nitrogens with zero attached hydrogens (tertiary/aromatic N) is 5. The van der Waals surface area contributed by atoms with Crippen molar-refractivity contribution in [1.82, 2.24) is 19.4 Å². The van der Waals surface area contributed by atoms with Gasteiger partial charge in [0, 0.05) is 44.9 Å². The van der Waals surface area contributed by atoms with Gasteiger partial charge in [0.2, 0.25) is 5.91 Å². The van der Waals surface area contributed by atoms with E-state index in [1.807, 2.05) is 66.6 Å². The number of piperazine rings is 1. The number of imidazole rings is 1. The lowest BCUT2D eigenvalue weighted by Crippen LogP contribution is -2.50. The Hall–Kier alpha value is -3.81. The number of methoxy groups -OCH3 is 1. The molecule has 1 unspecified atom stereocenters. The van der Waals surface area contributed by atoms with E-state index >= 15 is 0 Å². The van der Waals surface area contributed by atoms with Gasteiger partial charge in [-0.15, -0.1) is 0 Å². The monoisotopic (exact) mass is 459 g/mol. The highest BCUT2D eigenvalue weighted by Crippen LogP contribution is 2.34. The number of hydrogen-bond donors (Lipinski definition) is 0. The minimum atomic E-state index is -0.302. The molecule has 0 saturated carbocycles. The van der Waals surface area contributed by atoms with Crippen LogP contribution in [-0.4, -0.2) is 58.6 Å². The second kappa shape index (κ2) is 8.85. The Bertz CT molecular complexity index is 1330. The number of carbonyl (C=O) groups excluding carboxylic acids is 1. The molecular weight excluding hydrogens is 430 g/mol. The molecule has 1 amide bonds. The number of para-hydroxylation sites is 2. The molecule has 1 saturated heterocycles. The van der Waals surface area contributed by atoms with Crippen LogP contribution < -0.4 is 9.64 Å². The average molecular weight is 460 g/mol. The topological polar surface area (TPSA) is 76.6 Å². The predicted molar refractivity (Wildman–Crippen MR) is 131 cm³/mol. The standard InChI is InChI=1S/C26H29N5O3/c1-17(31-18(2)28-22-7-5-6-8-23(22)31)26(32)30-13-11-29(12-14-30)20-9-10-21(24(15-20)33-4)25-16-27-19(3)34-25/h5-10,15-17H,11-14H2,1-4H3. The Balaban J connectivity index is 1.29. The maximum atomic E-state index is 13.4. The first-order chi connectivity index (χ1) is 16.5. The summed E-state index contributed by atoms with van der Waals surface area (Å²) in [6, 6.07) is 13.7. The number of carbonyl (C=O) groups is 1. The number of aryl methyl sites for hydroxylation is 2. The van der Waals surface area contributed by atoms with Gasteiger partial charge in [-0.2, -0.15) is 0 Å². The fourth-order valence-electron chi connectivity index (χ4n) is 4.78. The van der Waals surface area contributed by atoms with E-state index in [1.165, 1.54) is 0 Å². The first-order valence-electron chi connectivity index (χ1n) is 11.5. The summed E-state index contributed by atoms with van der Waals surface area (Å²) < 4.78 is 13.3. The fraction of sp³-hybridized carbons (Fsp3) is 0.346. The highest BCUT2D eigenvalue weighted by atomic mass is 16.5. The summed E-state index contributed by atoms with van der Waals surface area (Å²) in [5.41, 5.74) is 3.85. The first kappa shape index (κ1) is 22.0. The molecule has 0 spiro atoms. The van der Waals surface area contributed by atoms with Crippen LogP contribution in [0, 0.1) is 13.8 Å². The molecule has 34 heavy (non-hydrogen) atoms. The number of benzene rings is 2. The van der Waals surface area contributed by atoms with Crippen LogP contribution in [0.4, 0.5) is 5.69 Å². The van der Waals surface area contributed by atoms with Crippen LogP contribution in [0.2, 0.25) is 0 Å². The zero-order valence-corrected chi connectivity index (χ0v) is 20.0. The molecule has 0 bridgehead atoms. The lowest BCUT2D eigenvalue weighted by Gasteiger charge is -2.37. The second-order valence-corrected chi connectivity index (χ2v) is 8.63. The third-order valence-corrected chi connectivity index (χ3v) is 6.55. The molecule has 1 atom stereocenters. The zero-order valence-electron chi connectivity index (χ0n) is 20.0. The van der Waals surface area contributed by atoms with Gasteiger partial charge in [0.05, 0.1) is 29.9 Å². The largest absolute Gasteiger partial charge is 0.496 e. The van der Waals surface area contributed by atoms with Crippen LogP contribution in [0.1, 0.15) is 24.7 Å². The number of fused-ring (bicyclic) bond motifs is 1. The van der Waals surface area contributed by atoms with Crippen molar-refractivity contribution < 1.29 is 13.9 Å². The van der Waals surface area contributed by atoms with Gasteiger partial charge in [-0.3, -0.25) is 4.79 Å². The lowest BCUT2D eigenvalue weighted by atomic mass is 10.1. The number of anilines is 1. The van der Waals surface area contributed by atoms with Crippen molar-refractivity contribution in [3.05, 3.63) is 60.4 Å². The molecule has 1 fully saturated rings. The number of oxazole rings is 1. The SMILES string of the molecule is COc1cc(N2CCN(C(=O)C(C)n3c(C)nc4ccccc43)CC2)ccc1-c1cnc(C)o1. The molecule has 0 aliphatic carbocycles. The summed E-state index contributed by atoms with van der Waals surface area (Å²) in [7, 11) is 1.66. The van der Waals surface area contributed by atoms with E-state index in [1.54, 1.807) is 13.3 Å². The van der Waals surface area contributed by atoms with Crippen LogP contribution >= 0.6 is 0 Å². The third-order valence-electron chi connectivity index (χ3n) is 6.55. The van der Waals surface area contributed by atoms with E-state index in [4.69, 9.17) is 9.15 Å². The van der Waals surface area contributed by atoms with E-state index in [0.29, 0.717) is 24.7 Å². The van der Waals surface area contributed by atoms with Crippen molar-refractivity contribution in [3.63, 3.8) is 0 Å². The number of ether oxygens (including phenoxy) is 1. The average Bonchev–Trinajstić information content (AvgIpc) is 3.44. The maximum Gasteiger partial charge on any atom is 0.245 e. The van der Waals surface area contributed by atoms with E-state index < -0.39 is 0 Å². The van der Waals surface area contributed by atoms with Gasteiger partial charge in [-0.25, -0.2) is 9.97 Å². The van der Waals surface area contributed by atoms with E-state index in [2.05, 4.69) is 20.9 Å². The van der Waals surface area contributed by atoms with E-state index in [9.17, 15) is 4.79 Å². The van der Waals surface area contributed by atoms with Gasteiger partial charge < -0.3 is 23.5 Å². The fourth-order valence-corrected chi connectivity index (χ4v) is 4.78. The van der Waals surface area contributed by atoms with Gasteiger partial charge in [-0.05, 0) is 38.1 Å². The number of amides is 1. The zero-order chi connectivity index (χ0) is 23.8. The molecule has 4 aromatic rings. The van der Waals surface area contributed by atoms with Crippen molar-refractivity contribution in [2.24, 2.45) is 0 Å². The highest BCUT2D eigenvalue weighted by molar-refractivity contribution is 5.84. The molecule has 8 nitrogen and oxygen atoms in total. The van der Waals surface area contributed by atoms with Crippen LogP contribution in [0.5, 0.6) is 5.75 Å². The molecule has 8 heteroatoms. The van der Waals surface area contributed by atoms with Gasteiger partial charge in [0.15, 0.2) is 11.7 Å². The first-order valence-corrected chi connectivity index (χ1v) is 11.5. The lowest BCUT2D eigenvalue weighted by molar-refractivity contribution is -0.134. The van der Waals surface area contributed by atoms with Crippen molar-refractivity contribution in [3.8, 4) is 17.1 Å². The Labute approximate surface area is 198 Å². The molecule has 5 rings (SSSR count). The predicted octanol–water partition coefficient (Wildman–Crippen LogP) is 4.23. The molecule has 0 radical (unpaired) electrons. The Morgan fingerprint density at radius 1 is 1.09 bits per heavy atom. The minimum Gasteiger partial charge on any atom is -0.496 e. The maximum absolute atomic E-state index is 13.4. The molecule has 0 N–H and O–H groups in total. The van der Waals surface area contributed by atoms with Gasteiger partial charge >= 0.3 is 0 Å². The quantitative estimate of drug-likeness (QED) is 0.445. The normalized spacial score (nSPS) is 15.1. The van der Waals surface area contributed by atoms with Crippen LogP contribution in [-0.2, 0) is 4.79 Å². The van der Waals surface area contributed by atoms with Crippen LogP contribution in [0.15, 0.2) is 53.1 Å². The van der Waals surface area contributed by atoms with Gasteiger partial charge in [0.1, 0.15) is 17.6 Å². The van der Waals surface area contributed by atoms with Gasteiger partial charge in [-0.1, -0.05) is 12.1 Å². The summed E-state index contributed by atoms with van der Waals surface area (Å²) >= 11 is 0. The molecule has 2 aromatic carbocycles. The smallest absolute Gasteiger partial charge is 0.245 e. The summed E-state index contributed by atoms with van der Waals surface area (Å²) in [5.74, 6) is 3.03. The molecule has 1 aliphatic rings. The summed E-state index contributed by atoms with van der Waals surface area (Å²) in [6.07, 6.45) is 1.71. The molecule has 3 heterocycles. The highest BCUT2D eigenvalue weighted by Gasteiger charge is 2.28. The Morgan fingerprint density at radius 2 is 1.85 bits per heavy atom. The molecular formula is C26H29N5O3. The number of hydrogen-bond acceptors (Lipinski definition) is 6. The number of aromatic nitrogens is 3. The molecule has 176 valence electrons. The summed E-state index contributed by atoms with van der Waals surface area (Å²) in [4.78, 5) is 26.4. The van der Waals surface area contributed by atoms with Crippen molar-refractivity contribution in [1.29, 1.82) is 0 Å². The minimum absolute atomic E-state index is 0.125. The second-order valence-electron chi connectivity index (χ2n) is 8.63.